The largest absolute Gasteiger partial charge is 0.393 e. The first-order valence-corrected chi connectivity index (χ1v) is 6.92. The Morgan fingerprint density at radius 3 is 2.83 bits per heavy atom. The summed E-state index contributed by atoms with van der Waals surface area (Å²) in [4.78, 5) is 13.4. The Morgan fingerprint density at radius 2 is 2.28 bits per heavy atom. The lowest BCUT2D eigenvalue weighted by molar-refractivity contribution is -0.120. The minimum Gasteiger partial charge on any atom is -0.393 e. The van der Waals surface area contributed by atoms with Gasteiger partial charge >= 0.3 is 0 Å². The molecule has 1 fully saturated rings. The van der Waals surface area contributed by atoms with Crippen molar-refractivity contribution in [1.82, 2.24) is 10.2 Å². The molecule has 1 amide bonds. The Morgan fingerprint density at radius 1 is 1.56 bits per heavy atom. The van der Waals surface area contributed by atoms with Crippen LogP contribution in [0.15, 0.2) is 0 Å². The molecule has 1 aliphatic heterocycles. The number of hydrogen-bond acceptors (Lipinski definition) is 4. The van der Waals surface area contributed by atoms with Crippen LogP contribution in [0.4, 0.5) is 0 Å². The van der Waals surface area contributed by atoms with Crippen molar-refractivity contribution in [2.45, 2.75) is 45.3 Å². The monoisotopic (exact) mass is 257 g/mol. The molecule has 4 N–H and O–H groups in total. The van der Waals surface area contributed by atoms with Crippen molar-refractivity contribution >= 4 is 5.91 Å². The second-order valence-electron chi connectivity index (χ2n) is 5.35. The zero-order valence-corrected chi connectivity index (χ0v) is 11.6. The Bertz CT molecular complexity index is 261. The van der Waals surface area contributed by atoms with Crippen LogP contribution in [-0.4, -0.2) is 54.2 Å². The van der Waals surface area contributed by atoms with E-state index in [-0.39, 0.29) is 18.1 Å². The maximum absolute atomic E-state index is 11.2. The van der Waals surface area contributed by atoms with Crippen LogP contribution in [0.3, 0.4) is 0 Å². The van der Waals surface area contributed by atoms with Crippen LogP contribution >= 0.6 is 0 Å². The number of nitrogens with zero attached hydrogens (tertiary/aromatic N) is 1. The van der Waals surface area contributed by atoms with Gasteiger partial charge < -0.3 is 16.2 Å². The molecular weight excluding hydrogens is 230 g/mol. The molecule has 0 spiro atoms. The fourth-order valence-electron chi connectivity index (χ4n) is 2.78. The summed E-state index contributed by atoms with van der Waals surface area (Å²) in [5.41, 5.74) is 5.60. The van der Waals surface area contributed by atoms with Gasteiger partial charge in [0.05, 0.1) is 6.10 Å². The molecule has 5 nitrogen and oxygen atoms in total. The molecule has 3 unspecified atom stereocenters. The normalized spacial score (nSPS) is 26.9. The Labute approximate surface area is 110 Å². The van der Waals surface area contributed by atoms with Gasteiger partial charge in [0.1, 0.15) is 0 Å². The first kappa shape index (κ1) is 15.4. The van der Waals surface area contributed by atoms with Gasteiger partial charge in [0.25, 0.3) is 0 Å². The van der Waals surface area contributed by atoms with E-state index in [4.69, 9.17) is 5.73 Å². The van der Waals surface area contributed by atoms with Gasteiger partial charge in [-0.15, -0.1) is 0 Å². The predicted octanol–water partition coefficient (Wildman–Crippen LogP) is -0.0673. The van der Waals surface area contributed by atoms with Crippen LogP contribution in [0.5, 0.6) is 0 Å². The van der Waals surface area contributed by atoms with Crippen molar-refractivity contribution in [1.29, 1.82) is 0 Å². The molecule has 5 heteroatoms. The van der Waals surface area contributed by atoms with Crippen LogP contribution < -0.4 is 11.1 Å². The molecule has 1 rings (SSSR count). The predicted molar refractivity (Wildman–Crippen MR) is 72.1 cm³/mol. The summed E-state index contributed by atoms with van der Waals surface area (Å²) in [5.74, 6) is 0.460. The molecule has 0 bridgehead atoms. The number of aliphatic hydroxyl groups is 1. The van der Waals surface area contributed by atoms with Crippen LogP contribution in [0.1, 0.15) is 33.1 Å². The quantitative estimate of drug-likeness (QED) is 0.622. The number of nitrogens with one attached hydrogen (secondary N) is 1. The highest BCUT2D eigenvalue weighted by Gasteiger charge is 2.28. The van der Waals surface area contributed by atoms with E-state index >= 15 is 0 Å². The molecule has 0 aromatic heterocycles. The number of rotatable bonds is 6. The number of likely N-dealkylation sites (tertiary alicyclic amines) is 1. The van der Waals surface area contributed by atoms with Crippen molar-refractivity contribution in [3.63, 3.8) is 0 Å². The highest BCUT2D eigenvalue weighted by atomic mass is 16.3. The molecule has 1 saturated heterocycles. The maximum Gasteiger partial charge on any atom is 0.217 e. The zero-order valence-electron chi connectivity index (χ0n) is 11.6. The average molecular weight is 257 g/mol. The van der Waals surface area contributed by atoms with E-state index in [1.807, 2.05) is 6.92 Å². The molecule has 0 aromatic carbocycles. The fraction of sp³-hybridized carbons (Fsp3) is 0.923. The number of nitrogens with two attached hydrogens (primary N) is 1. The molecule has 3 atom stereocenters. The van der Waals surface area contributed by atoms with Gasteiger partial charge in [-0.3, -0.25) is 9.69 Å². The minimum absolute atomic E-state index is 0.0180. The van der Waals surface area contributed by atoms with E-state index in [0.29, 0.717) is 12.5 Å². The van der Waals surface area contributed by atoms with E-state index in [0.717, 1.165) is 38.9 Å². The Balaban J connectivity index is 2.53. The summed E-state index contributed by atoms with van der Waals surface area (Å²) in [5, 5.41) is 12.8. The average Bonchev–Trinajstić information content (AvgIpc) is 2.28. The molecule has 106 valence electrons. The van der Waals surface area contributed by atoms with Gasteiger partial charge in [-0.25, -0.2) is 0 Å². The van der Waals surface area contributed by atoms with Crippen LogP contribution in [0, 0.1) is 5.92 Å². The lowest BCUT2D eigenvalue weighted by atomic mass is 9.89. The maximum atomic E-state index is 11.2. The molecule has 0 aliphatic carbocycles. The molecule has 0 saturated carbocycles. The molecule has 0 radical (unpaired) electrons. The zero-order chi connectivity index (χ0) is 13.5. The van der Waals surface area contributed by atoms with E-state index in [2.05, 4.69) is 10.2 Å². The van der Waals surface area contributed by atoms with Gasteiger partial charge in [0.15, 0.2) is 0 Å². The lowest BCUT2D eigenvalue weighted by Gasteiger charge is -2.38. The number of hydrogen-bond donors (Lipinski definition) is 3. The summed E-state index contributed by atoms with van der Waals surface area (Å²) in [6.45, 7) is 6.89. The van der Waals surface area contributed by atoms with E-state index < -0.39 is 0 Å². The van der Waals surface area contributed by atoms with Crippen LogP contribution in [0.2, 0.25) is 0 Å². The summed E-state index contributed by atoms with van der Waals surface area (Å²) in [6, 6.07) is 0.192. The van der Waals surface area contributed by atoms with Crippen molar-refractivity contribution in [3.8, 4) is 0 Å². The van der Waals surface area contributed by atoms with Crippen molar-refractivity contribution in [2.24, 2.45) is 11.7 Å². The van der Waals surface area contributed by atoms with Crippen LogP contribution in [-0.2, 0) is 4.79 Å². The summed E-state index contributed by atoms with van der Waals surface area (Å²) < 4.78 is 0. The fourth-order valence-corrected chi connectivity index (χ4v) is 2.78. The second-order valence-corrected chi connectivity index (χ2v) is 5.35. The number of aliphatic hydroxyl groups excluding tert-OH is 1. The highest BCUT2D eigenvalue weighted by Crippen LogP contribution is 2.22. The summed E-state index contributed by atoms with van der Waals surface area (Å²) in [6.07, 6.45) is 2.33. The molecular formula is C13H27N3O2. The molecule has 1 aliphatic rings. The lowest BCUT2D eigenvalue weighted by Crippen LogP contribution is -2.51. The standard InChI is InChI=1S/C13H27N3O2/c1-3-13(18)7-11-6-12(15-10(2)17)9-16(8-11)5-4-14/h11-13,18H,3-9,14H2,1-2H3,(H,15,17). The van der Waals surface area contributed by atoms with Gasteiger partial charge in [0.2, 0.25) is 5.91 Å². The first-order chi connectivity index (χ1) is 8.55. The van der Waals surface area contributed by atoms with E-state index in [1.165, 1.54) is 0 Å². The third-order valence-electron chi connectivity index (χ3n) is 3.54. The number of carbonyl (C=O) groups is 1. The van der Waals surface area contributed by atoms with E-state index in [1.54, 1.807) is 6.92 Å². The Kier molecular flexibility index (Phi) is 6.60. The molecule has 0 aromatic rings. The SMILES string of the molecule is CCC(O)CC1CC(NC(C)=O)CN(CCN)C1. The van der Waals surface area contributed by atoms with Crippen molar-refractivity contribution in [2.75, 3.05) is 26.2 Å². The number of carbonyl (C=O) groups excluding carboxylic acids is 1. The summed E-state index contributed by atoms with van der Waals surface area (Å²) >= 11 is 0. The summed E-state index contributed by atoms with van der Waals surface area (Å²) in [7, 11) is 0. The van der Waals surface area contributed by atoms with Crippen molar-refractivity contribution < 1.29 is 9.90 Å². The van der Waals surface area contributed by atoms with E-state index in [9.17, 15) is 9.90 Å². The second kappa shape index (κ2) is 7.71. The highest BCUT2D eigenvalue weighted by molar-refractivity contribution is 5.73. The van der Waals surface area contributed by atoms with Gasteiger partial charge in [-0.2, -0.15) is 0 Å². The van der Waals surface area contributed by atoms with Crippen LogP contribution in [0.25, 0.3) is 0 Å². The first-order valence-electron chi connectivity index (χ1n) is 6.92. The Hall–Kier alpha value is -0.650. The van der Waals surface area contributed by atoms with Gasteiger partial charge in [-0.1, -0.05) is 6.92 Å². The topological polar surface area (TPSA) is 78.6 Å². The number of amides is 1. The molecule has 18 heavy (non-hydrogen) atoms. The molecule has 1 heterocycles. The third-order valence-corrected chi connectivity index (χ3v) is 3.54. The third kappa shape index (κ3) is 5.33. The van der Waals surface area contributed by atoms with Gasteiger partial charge in [0, 0.05) is 39.1 Å². The smallest absolute Gasteiger partial charge is 0.217 e. The minimum atomic E-state index is -0.231. The number of piperidine rings is 1. The van der Waals surface area contributed by atoms with Crippen molar-refractivity contribution in [3.05, 3.63) is 0 Å². The van der Waals surface area contributed by atoms with Gasteiger partial charge in [-0.05, 0) is 25.2 Å².